The van der Waals surface area contributed by atoms with Crippen LogP contribution in [0.5, 0.6) is 0 Å². The van der Waals surface area contributed by atoms with Crippen LogP contribution in [0.15, 0.2) is 17.5 Å². The van der Waals surface area contributed by atoms with Gasteiger partial charge in [0.25, 0.3) is 0 Å². The van der Waals surface area contributed by atoms with Crippen LogP contribution in [0.4, 0.5) is 0 Å². The van der Waals surface area contributed by atoms with E-state index >= 15 is 0 Å². The zero-order valence-corrected chi connectivity index (χ0v) is 13.0. The van der Waals surface area contributed by atoms with Gasteiger partial charge in [0, 0.05) is 24.1 Å². The molecule has 2 nitrogen and oxygen atoms in total. The Morgan fingerprint density at radius 3 is 2.79 bits per heavy atom. The number of rotatable bonds is 8. The van der Waals surface area contributed by atoms with Crippen LogP contribution in [0.25, 0.3) is 0 Å². The summed E-state index contributed by atoms with van der Waals surface area (Å²) < 4.78 is 5.67. The number of hydrogen-bond donors (Lipinski definition) is 1. The molecular formula is C16H27NOS. The van der Waals surface area contributed by atoms with Crippen LogP contribution >= 0.6 is 11.3 Å². The molecule has 1 unspecified atom stereocenters. The molecule has 1 N–H and O–H groups in total. The van der Waals surface area contributed by atoms with E-state index in [4.69, 9.17) is 4.74 Å². The van der Waals surface area contributed by atoms with E-state index in [0.29, 0.717) is 12.0 Å². The fraction of sp³-hybridized carbons (Fsp3) is 0.750. The molecule has 1 atom stereocenters. The van der Waals surface area contributed by atoms with Crippen molar-refractivity contribution in [2.75, 3.05) is 19.8 Å². The minimum atomic E-state index is 0.546. The maximum Gasteiger partial charge on any atom is 0.0591 e. The number of ether oxygens (including phenoxy) is 1. The van der Waals surface area contributed by atoms with Crippen molar-refractivity contribution in [3.8, 4) is 0 Å². The lowest BCUT2D eigenvalue weighted by Crippen LogP contribution is -2.29. The van der Waals surface area contributed by atoms with Crippen molar-refractivity contribution in [3.63, 3.8) is 0 Å². The van der Waals surface area contributed by atoms with E-state index in [0.717, 1.165) is 25.7 Å². The molecule has 0 bridgehead atoms. The van der Waals surface area contributed by atoms with Gasteiger partial charge in [-0.2, -0.15) is 0 Å². The molecule has 1 aromatic heterocycles. The second-order valence-electron chi connectivity index (χ2n) is 5.96. The van der Waals surface area contributed by atoms with Gasteiger partial charge < -0.3 is 10.1 Å². The molecule has 0 aliphatic heterocycles. The van der Waals surface area contributed by atoms with Gasteiger partial charge in [0.2, 0.25) is 0 Å². The zero-order chi connectivity index (χ0) is 13.5. The van der Waals surface area contributed by atoms with Crippen molar-refractivity contribution < 1.29 is 4.74 Å². The van der Waals surface area contributed by atoms with Crippen LogP contribution in [0.3, 0.4) is 0 Å². The van der Waals surface area contributed by atoms with Gasteiger partial charge in [0.1, 0.15) is 0 Å². The molecule has 1 aliphatic rings. The van der Waals surface area contributed by atoms with Crippen LogP contribution in [0, 0.1) is 11.8 Å². The summed E-state index contributed by atoms with van der Waals surface area (Å²) in [6.45, 7) is 7.05. The molecule has 1 aliphatic carbocycles. The summed E-state index contributed by atoms with van der Waals surface area (Å²) in [6, 6.07) is 4.99. The van der Waals surface area contributed by atoms with Crippen molar-refractivity contribution in [1.29, 1.82) is 0 Å². The van der Waals surface area contributed by atoms with Crippen LogP contribution < -0.4 is 5.32 Å². The Balaban J connectivity index is 1.78. The van der Waals surface area contributed by atoms with E-state index in [1.54, 1.807) is 0 Å². The standard InChI is InChI=1S/C16H27NOS/c1-13(2)12-18-10-9-17-16(14-6-3-4-7-14)15-8-5-11-19-15/h5,8,11,13-14,16-17H,3-4,6-7,9-10,12H2,1-2H3. The smallest absolute Gasteiger partial charge is 0.0591 e. The van der Waals surface area contributed by atoms with Gasteiger partial charge in [-0.15, -0.1) is 11.3 Å². The van der Waals surface area contributed by atoms with Gasteiger partial charge in [-0.05, 0) is 36.1 Å². The third-order valence-electron chi connectivity index (χ3n) is 3.78. The molecule has 108 valence electrons. The van der Waals surface area contributed by atoms with Crippen molar-refractivity contribution in [3.05, 3.63) is 22.4 Å². The van der Waals surface area contributed by atoms with Crippen molar-refractivity contribution in [2.24, 2.45) is 11.8 Å². The highest BCUT2D eigenvalue weighted by Crippen LogP contribution is 2.37. The minimum Gasteiger partial charge on any atom is -0.380 e. The molecule has 3 heteroatoms. The molecule has 0 aromatic carbocycles. The third kappa shape index (κ3) is 4.90. The lowest BCUT2D eigenvalue weighted by Gasteiger charge is -2.24. The summed E-state index contributed by atoms with van der Waals surface area (Å²) in [4.78, 5) is 1.50. The Kier molecular flexibility index (Phi) is 6.35. The van der Waals surface area contributed by atoms with E-state index in [1.165, 1.54) is 30.6 Å². The van der Waals surface area contributed by atoms with Gasteiger partial charge in [-0.3, -0.25) is 0 Å². The van der Waals surface area contributed by atoms with Crippen molar-refractivity contribution in [1.82, 2.24) is 5.32 Å². The van der Waals surface area contributed by atoms with E-state index < -0.39 is 0 Å². The second-order valence-corrected chi connectivity index (χ2v) is 6.94. The summed E-state index contributed by atoms with van der Waals surface area (Å²) in [5, 5.41) is 5.91. The van der Waals surface area contributed by atoms with Crippen LogP contribution in [-0.4, -0.2) is 19.8 Å². The molecule has 1 heterocycles. The Bertz CT molecular complexity index is 331. The summed E-state index contributed by atoms with van der Waals surface area (Å²) >= 11 is 1.88. The van der Waals surface area contributed by atoms with Gasteiger partial charge in [0.05, 0.1) is 6.61 Å². The summed E-state index contributed by atoms with van der Waals surface area (Å²) in [7, 11) is 0. The molecule has 0 amide bonds. The highest BCUT2D eigenvalue weighted by Gasteiger charge is 2.26. The van der Waals surface area contributed by atoms with Gasteiger partial charge in [-0.1, -0.05) is 32.8 Å². The molecule has 1 saturated carbocycles. The summed E-state index contributed by atoms with van der Waals surface area (Å²) in [5.74, 6) is 1.45. The zero-order valence-electron chi connectivity index (χ0n) is 12.2. The first kappa shape index (κ1) is 15.0. The number of nitrogens with one attached hydrogen (secondary N) is 1. The van der Waals surface area contributed by atoms with E-state index in [2.05, 4.69) is 36.7 Å². The third-order valence-corrected chi connectivity index (χ3v) is 4.74. The summed E-state index contributed by atoms with van der Waals surface area (Å²) in [5.41, 5.74) is 0. The van der Waals surface area contributed by atoms with E-state index in [1.807, 2.05) is 11.3 Å². The Labute approximate surface area is 121 Å². The first-order valence-electron chi connectivity index (χ1n) is 7.62. The molecule has 19 heavy (non-hydrogen) atoms. The SMILES string of the molecule is CC(C)COCCNC(c1cccs1)C1CCCC1. The predicted octanol–water partition coefficient (Wildman–Crippen LogP) is 4.24. The minimum absolute atomic E-state index is 0.546. The molecule has 1 fully saturated rings. The predicted molar refractivity (Wildman–Crippen MR) is 82.7 cm³/mol. The number of hydrogen-bond acceptors (Lipinski definition) is 3. The van der Waals surface area contributed by atoms with Crippen molar-refractivity contribution in [2.45, 2.75) is 45.6 Å². The Morgan fingerprint density at radius 2 is 2.16 bits per heavy atom. The average molecular weight is 281 g/mol. The highest BCUT2D eigenvalue weighted by molar-refractivity contribution is 7.10. The lowest BCUT2D eigenvalue weighted by molar-refractivity contribution is 0.108. The van der Waals surface area contributed by atoms with Gasteiger partial charge >= 0.3 is 0 Å². The maximum absolute atomic E-state index is 5.67. The van der Waals surface area contributed by atoms with Gasteiger partial charge in [-0.25, -0.2) is 0 Å². The fourth-order valence-corrected chi connectivity index (χ4v) is 3.76. The first-order chi connectivity index (χ1) is 9.27. The van der Waals surface area contributed by atoms with Crippen LogP contribution in [0.1, 0.15) is 50.4 Å². The largest absolute Gasteiger partial charge is 0.380 e. The topological polar surface area (TPSA) is 21.3 Å². The number of thiophene rings is 1. The van der Waals surface area contributed by atoms with Crippen LogP contribution in [-0.2, 0) is 4.74 Å². The van der Waals surface area contributed by atoms with E-state index in [-0.39, 0.29) is 0 Å². The maximum atomic E-state index is 5.67. The molecule has 0 radical (unpaired) electrons. The highest BCUT2D eigenvalue weighted by atomic mass is 32.1. The van der Waals surface area contributed by atoms with Gasteiger partial charge in [0.15, 0.2) is 0 Å². The summed E-state index contributed by atoms with van der Waals surface area (Å²) in [6.07, 6.45) is 5.56. The van der Waals surface area contributed by atoms with Crippen LogP contribution in [0.2, 0.25) is 0 Å². The fourth-order valence-electron chi connectivity index (χ4n) is 2.86. The molecule has 1 aromatic rings. The first-order valence-corrected chi connectivity index (χ1v) is 8.50. The molecule has 0 saturated heterocycles. The Hall–Kier alpha value is -0.380. The second kappa shape index (κ2) is 8.03. The quantitative estimate of drug-likeness (QED) is 0.720. The lowest BCUT2D eigenvalue weighted by atomic mass is 9.97. The molecular weight excluding hydrogens is 254 g/mol. The van der Waals surface area contributed by atoms with E-state index in [9.17, 15) is 0 Å². The molecule has 2 rings (SSSR count). The van der Waals surface area contributed by atoms with Crippen molar-refractivity contribution >= 4 is 11.3 Å². The average Bonchev–Trinajstić information content (AvgIpc) is 3.06. The Morgan fingerprint density at radius 1 is 1.37 bits per heavy atom. The monoisotopic (exact) mass is 281 g/mol. The normalized spacial score (nSPS) is 18.3. The molecule has 0 spiro atoms.